The van der Waals surface area contributed by atoms with E-state index in [9.17, 15) is 4.79 Å². The van der Waals surface area contributed by atoms with E-state index in [0.29, 0.717) is 5.70 Å². The molecular weight excluding hydrogens is 140 g/mol. The van der Waals surface area contributed by atoms with E-state index in [1.165, 1.54) is 0 Å². The number of hydrogen-bond donors (Lipinski definition) is 2. The van der Waals surface area contributed by atoms with Crippen LogP contribution in [0.25, 0.3) is 0 Å². The van der Waals surface area contributed by atoms with Gasteiger partial charge >= 0.3 is 0 Å². The third kappa shape index (κ3) is 1.73. The summed E-state index contributed by atoms with van der Waals surface area (Å²) in [6.07, 6.45) is 1.93. The first-order valence-corrected chi connectivity index (χ1v) is 3.88. The maximum absolute atomic E-state index is 11.3. The van der Waals surface area contributed by atoms with Crippen molar-refractivity contribution in [2.45, 2.75) is 26.9 Å². The molecule has 0 aromatic rings. The molecule has 1 heterocycles. The zero-order chi connectivity index (χ0) is 8.43. The first-order valence-electron chi connectivity index (χ1n) is 3.88. The summed E-state index contributed by atoms with van der Waals surface area (Å²) in [5, 5.41) is 6.05. The Bertz CT molecular complexity index is 196. The van der Waals surface area contributed by atoms with Gasteiger partial charge in [0.25, 0.3) is 0 Å². The maximum Gasteiger partial charge on any atom is 0.182 e. The largest absolute Gasteiger partial charge is 0.370 e. The second-order valence-electron chi connectivity index (χ2n) is 3.11. The highest BCUT2D eigenvalue weighted by Gasteiger charge is 2.18. The first kappa shape index (κ1) is 8.11. The van der Waals surface area contributed by atoms with Crippen molar-refractivity contribution < 1.29 is 4.79 Å². The molecule has 2 N–H and O–H groups in total. The molecule has 11 heavy (non-hydrogen) atoms. The molecule has 3 heteroatoms. The van der Waals surface area contributed by atoms with Crippen molar-refractivity contribution in [1.82, 2.24) is 10.6 Å². The highest BCUT2D eigenvalue weighted by Crippen LogP contribution is 2.06. The minimum absolute atomic E-state index is 0.0702. The second-order valence-corrected chi connectivity index (χ2v) is 3.11. The van der Waals surface area contributed by atoms with Crippen LogP contribution in [-0.2, 0) is 4.79 Å². The average Bonchev–Trinajstić information content (AvgIpc) is 2.34. The molecule has 62 valence electrons. The van der Waals surface area contributed by atoms with Gasteiger partial charge in [-0.15, -0.1) is 0 Å². The standard InChI is InChI=1S/C8H14N2O/c1-5(2)8(11)7-4-9-6(3)10-7/h4-6,9-10H,1-3H3. The van der Waals surface area contributed by atoms with E-state index in [4.69, 9.17) is 0 Å². The summed E-state index contributed by atoms with van der Waals surface area (Å²) in [6, 6.07) is 0. The number of allylic oxidation sites excluding steroid dienone is 1. The Kier molecular flexibility index (Phi) is 2.17. The van der Waals surface area contributed by atoms with E-state index in [1.807, 2.05) is 20.8 Å². The van der Waals surface area contributed by atoms with Crippen LogP contribution in [0.4, 0.5) is 0 Å². The fraction of sp³-hybridized carbons (Fsp3) is 0.625. The first-order chi connectivity index (χ1) is 5.11. The molecule has 1 aliphatic heterocycles. The van der Waals surface area contributed by atoms with Crippen molar-refractivity contribution in [2.75, 3.05) is 0 Å². The van der Waals surface area contributed by atoms with E-state index in [0.717, 1.165) is 0 Å². The lowest BCUT2D eigenvalue weighted by Crippen LogP contribution is -2.30. The Hall–Kier alpha value is -0.990. The minimum Gasteiger partial charge on any atom is -0.370 e. The number of ketones is 1. The molecule has 0 spiro atoms. The summed E-state index contributed by atoms with van der Waals surface area (Å²) in [5.74, 6) is 0.239. The van der Waals surface area contributed by atoms with E-state index in [2.05, 4.69) is 10.6 Å². The van der Waals surface area contributed by atoms with Crippen LogP contribution in [0.1, 0.15) is 20.8 Å². The van der Waals surface area contributed by atoms with Gasteiger partial charge in [0, 0.05) is 12.1 Å². The fourth-order valence-electron chi connectivity index (χ4n) is 0.978. The lowest BCUT2D eigenvalue weighted by atomic mass is 10.1. The molecule has 0 bridgehead atoms. The summed E-state index contributed by atoms with van der Waals surface area (Å²) in [4.78, 5) is 11.3. The molecule has 0 fully saturated rings. The maximum atomic E-state index is 11.3. The van der Waals surface area contributed by atoms with Crippen molar-refractivity contribution in [3.63, 3.8) is 0 Å². The zero-order valence-corrected chi connectivity index (χ0v) is 7.14. The highest BCUT2D eigenvalue weighted by atomic mass is 16.1. The van der Waals surface area contributed by atoms with Crippen LogP contribution < -0.4 is 10.6 Å². The third-order valence-corrected chi connectivity index (χ3v) is 1.64. The predicted molar refractivity (Wildman–Crippen MR) is 43.7 cm³/mol. The van der Waals surface area contributed by atoms with Gasteiger partial charge in [0.1, 0.15) is 0 Å². The summed E-state index contributed by atoms with van der Waals surface area (Å²) in [6.45, 7) is 5.76. The summed E-state index contributed by atoms with van der Waals surface area (Å²) >= 11 is 0. The van der Waals surface area contributed by atoms with Crippen LogP contribution in [0, 0.1) is 5.92 Å². The van der Waals surface area contributed by atoms with Crippen molar-refractivity contribution >= 4 is 5.78 Å². The molecular formula is C8H14N2O. The second kappa shape index (κ2) is 2.95. The van der Waals surface area contributed by atoms with Crippen molar-refractivity contribution in [3.05, 3.63) is 11.9 Å². The molecule has 1 unspecified atom stereocenters. The highest BCUT2D eigenvalue weighted by molar-refractivity contribution is 5.96. The summed E-state index contributed by atoms with van der Waals surface area (Å²) < 4.78 is 0. The van der Waals surface area contributed by atoms with Crippen LogP contribution in [0.5, 0.6) is 0 Å². The van der Waals surface area contributed by atoms with Gasteiger partial charge in [-0.2, -0.15) is 0 Å². The van der Waals surface area contributed by atoms with Crippen molar-refractivity contribution in [1.29, 1.82) is 0 Å². The number of nitrogens with one attached hydrogen (secondary N) is 2. The molecule has 3 nitrogen and oxygen atoms in total. The number of hydrogen-bond acceptors (Lipinski definition) is 3. The third-order valence-electron chi connectivity index (χ3n) is 1.64. The minimum atomic E-state index is 0.0702. The van der Waals surface area contributed by atoms with Gasteiger partial charge in [0.15, 0.2) is 5.78 Å². The van der Waals surface area contributed by atoms with Crippen LogP contribution in [-0.4, -0.2) is 11.9 Å². The van der Waals surface area contributed by atoms with E-state index in [1.54, 1.807) is 6.20 Å². The average molecular weight is 154 g/mol. The molecule has 0 aliphatic carbocycles. The van der Waals surface area contributed by atoms with Gasteiger partial charge in [-0.3, -0.25) is 4.79 Å². The number of rotatable bonds is 2. The zero-order valence-electron chi connectivity index (χ0n) is 7.14. The predicted octanol–water partition coefficient (Wildman–Crippen LogP) is 0.592. The van der Waals surface area contributed by atoms with Crippen LogP contribution in [0.2, 0.25) is 0 Å². The Morgan fingerprint density at radius 1 is 1.64 bits per heavy atom. The lowest BCUT2D eigenvalue weighted by Gasteiger charge is -2.08. The quantitative estimate of drug-likeness (QED) is 0.611. The molecule has 1 aliphatic rings. The van der Waals surface area contributed by atoms with Crippen LogP contribution >= 0.6 is 0 Å². The number of carbonyl (C=O) groups excluding carboxylic acids is 1. The van der Waals surface area contributed by atoms with Crippen LogP contribution in [0.3, 0.4) is 0 Å². The molecule has 0 radical (unpaired) electrons. The van der Waals surface area contributed by atoms with Crippen molar-refractivity contribution in [3.8, 4) is 0 Å². The Morgan fingerprint density at radius 3 is 2.64 bits per heavy atom. The lowest BCUT2D eigenvalue weighted by molar-refractivity contribution is -0.118. The van der Waals surface area contributed by atoms with Gasteiger partial charge in [-0.25, -0.2) is 0 Å². The normalized spacial score (nSPS) is 22.5. The molecule has 1 atom stereocenters. The smallest absolute Gasteiger partial charge is 0.182 e. The topological polar surface area (TPSA) is 41.1 Å². The van der Waals surface area contributed by atoms with Crippen molar-refractivity contribution in [2.24, 2.45) is 5.92 Å². The molecule has 0 aromatic heterocycles. The molecule has 1 rings (SSSR count). The summed E-state index contributed by atoms with van der Waals surface area (Å²) in [7, 11) is 0. The van der Waals surface area contributed by atoms with E-state index < -0.39 is 0 Å². The van der Waals surface area contributed by atoms with E-state index >= 15 is 0 Å². The Balaban J connectivity index is 2.56. The van der Waals surface area contributed by atoms with Crippen LogP contribution in [0.15, 0.2) is 11.9 Å². The fourth-order valence-corrected chi connectivity index (χ4v) is 0.978. The Labute approximate surface area is 66.9 Å². The Morgan fingerprint density at radius 2 is 2.27 bits per heavy atom. The SMILES string of the molecule is CC1NC=C(C(=O)C(C)C)N1. The molecule has 0 aromatic carbocycles. The number of Topliss-reactive ketones (excluding diaryl/α,β-unsaturated/α-hetero) is 1. The molecule has 0 saturated carbocycles. The van der Waals surface area contributed by atoms with Gasteiger partial charge in [0.05, 0.1) is 11.9 Å². The van der Waals surface area contributed by atoms with Gasteiger partial charge in [0.2, 0.25) is 0 Å². The molecule has 0 amide bonds. The van der Waals surface area contributed by atoms with Gasteiger partial charge < -0.3 is 10.6 Å². The van der Waals surface area contributed by atoms with Gasteiger partial charge in [-0.05, 0) is 6.92 Å². The molecule has 0 saturated heterocycles. The van der Waals surface area contributed by atoms with Gasteiger partial charge in [-0.1, -0.05) is 13.8 Å². The van der Waals surface area contributed by atoms with E-state index in [-0.39, 0.29) is 17.9 Å². The summed E-state index contributed by atoms with van der Waals surface area (Å²) in [5.41, 5.74) is 0.701. The number of carbonyl (C=O) groups is 1. The monoisotopic (exact) mass is 154 g/mol.